The summed E-state index contributed by atoms with van der Waals surface area (Å²) in [5.74, 6) is 0. The smallest absolute Gasteiger partial charge is 0.0727 e. The number of fused-ring (bicyclic) bond motifs is 11. The summed E-state index contributed by atoms with van der Waals surface area (Å²) in [6, 6.07) is 68.9. The van der Waals surface area contributed by atoms with Crippen LogP contribution < -0.4 is 9.80 Å². The van der Waals surface area contributed by atoms with Gasteiger partial charge < -0.3 is 9.80 Å². The molecule has 0 aromatic heterocycles. The van der Waals surface area contributed by atoms with Crippen LogP contribution in [0.2, 0.25) is 0 Å². The van der Waals surface area contributed by atoms with Gasteiger partial charge in [0.25, 0.3) is 0 Å². The number of para-hydroxylation sites is 3. The average Bonchev–Trinajstić information content (AvgIpc) is 3.71. The van der Waals surface area contributed by atoms with Crippen LogP contribution in [0.25, 0.3) is 33.0 Å². The van der Waals surface area contributed by atoms with Crippen LogP contribution >= 0.6 is 0 Å². The minimum Gasteiger partial charge on any atom is -0.317 e. The van der Waals surface area contributed by atoms with Gasteiger partial charge in [-0.15, -0.1) is 0 Å². The topological polar surface area (TPSA) is 6.48 Å². The van der Waals surface area contributed by atoms with Gasteiger partial charge in [0, 0.05) is 34.5 Å². The van der Waals surface area contributed by atoms with Crippen molar-refractivity contribution in [3.8, 4) is 22.3 Å². The SMILES string of the molecule is C=C/C=C\C=C/N(c1ccccc1)c1cc(N(c2ccccc2)c2ccccc2)c2c(c1)C1(c3ccccc3-c3cc4ccccc4cc31)c1ccccc1-2. The minimum atomic E-state index is -0.555. The minimum absolute atomic E-state index is 0.555. The molecule has 0 N–H and O–H groups in total. The van der Waals surface area contributed by atoms with Crippen LogP contribution in [0.5, 0.6) is 0 Å². The van der Waals surface area contributed by atoms with Gasteiger partial charge in [-0.1, -0.05) is 152 Å². The number of hydrogen-bond acceptors (Lipinski definition) is 2. The van der Waals surface area contributed by atoms with Crippen LogP contribution in [0.1, 0.15) is 22.3 Å². The maximum atomic E-state index is 3.90. The third kappa shape index (κ3) is 5.10. The van der Waals surface area contributed by atoms with Gasteiger partial charge in [0.15, 0.2) is 0 Å². The summed E-state index contributed by atoms with van der Waals surface area (Å²) in [6.07, 6.45) is 10.0. The largest absolute Gasteiger partial charge is 0.317 e. The number of nitrogens with zero attached hydrogens (tertiary/aromatic N) is 2. The Kier molecular flexibility index (Phi) is 7.89. The zero-order valence-electron chi connectivity index (χ0n) is 30.4. The summed E-state index contributed by atoms with van der Waals surface area (Å²) < 4.78 is 0. The molecule has 0 heterocycles. The van der Waals surface area contributed by atoms with Crippen molar-refractivity contribution >= 4 is 39.2 Å². The van der Waals surface area contributed by atoms with Gasteiger partial charge in [-0.2, -0.15) is 0 Å². The van der Waals surface area contributed by atoms with E-state index in [4.69, 9.17) is 0 Å². The van der Waals surface area contributed by atoms with Crippen LogP contribution in [0.15, 0.2) is 225 Å². The van der Waals surface area contributed by atoms with Crippen molar-refractivity contribution in [2.75, 3.05) is 9.80 Å². The van der Waals surface area contributed by atoms with Gasteiger partial charge in [0.1, 0.15) is 0 Å². The predicted octanol–water partition coefficient (Wildman–Crippen LogP) is 14.0. The first-order valence-corrected chi connectivity index (χ1v) is 18.9. The Hall–Kier alpha value is -7.16. The molecular formula is C53H38N2. The van der Waals surface area contributed by atoms with Crippen LogP contribution in [0.4, 0.5) is 28.4 Å². The first-order chi connectivity index (χ1) is 27.3. The van der Waals surface area contributed by atoms with Gasteiger partial charge in [0.05, 0.1) is 11.1 Å². The summed E-state index contributed by atoms with van der Waals surface area (Å²) in [5.41, 5.74) is 15.2. The fourth-order valence-corrected chi connectivity index (χ4v) is 8.99. The fourth-order valence-electron chi connectivity index (χ4n) is 8.99. The molecule has 0 bridgehead atoms. The van der Waals surface area contributed by atoms with Crippen molar-refractivity contribution in [1.82, 2.24) is 0 Å². The van der Waals surface area contributed by atoms with Crippen molar-refractivity contribution in [2.24, 2.45) is 0 Å². The van der Waals surface area contributed by atoms with E-state index in [2.05, 4.69) is 217 Å². The lowest BCUT2D eigenvalue weighted by Gasteiger charge is -2.34. The molecule has 0 aliphatic heterocycles. The van der Waals surface area contributed by atoms with E-state index in [1.165, 1.54) is 55.3 Å². The lowest BCUT2D eigenvalue weighted by atomic mass is 9.70. The molecule has 2 aliphatic rings. The van der Waals surface area contributed by atoms with Crippen LogP contribution in [0.3, 0.4) is 0 Å². The Morgan fingerprint density at radius 2 is 0.945 bits per heavy atom. The summed E-state index contributed by atoms with van der Waals surface area (Å²) in [6.45, 7) is 3.90. The van der Waals surface area contributed by atoms with Crippen LogP contribution in [0, 0.1) is 0 Å². The predicted molar refractivity (Wildman–Crippen MR) is 232 cm³/mol. The molecule has 55 heavy (non-hydrogen) atoms. The van der Waals surface area contributed by atoms with E-state index in [1.807, 2.05) is 18.2 Å². The average molecular weight is 703 g/mol. The number of benzene rings is 8. The highest BCUT2D eigenvalue weighted by Gasteiger charge is 2.53. The Morgan fingerprint density at radius 1 is 0.400 bits per heavy atom. The number of anilines is 5. The van der Waals surface area contributed by atoms with E-state index in [0.717, 1.165) is 28.4 Å². The summed E-state index contributed by atoms with van der Waals surface area (Å²) in [5, 5.41) is 2.50. The van der Waals surface area contributed by atoms with Gasteiger partial charge >= 0.3 is 0 Å². The highest BCUT2D eigenvalue weighted by molar-refractivity contribution is 6.04. The molecule has 1 unspecified atom stereocenters. The lowest BCUT2D eigenvalue weighted by molar-refractivity contribution is 0.795. The number of allylic oxidation sites excluding steroid dienone is 4. The summed E-state index contributed by atoms with van der Waals surface area (Å²) >= 11 is 0. The van der Waals surface area contributed by atoms with E-state index in [-0.39, 0.29) is 0 Å². The molecule has 0 saturated heterocycles. The second kappa shape index (κ2) is 13.4. The second-order valence-corrected chi connectivity index (χ2v) is 14.1. The maximum absolute atomic E-state index is 3.90. The molecule has 0 radical (unpaired) electrons. The monoisotopic (exact) mass is 702 g/mol. The van der Waals surface area contributed by atoms with Crippen molar-refractivity contribution in [1.29, 1.82) is 0 Å². The lowest BCUT2D eigenvalue weighted by Crippen LogP contribution is -2.26. The highest BCUT2D eigenvalue weighted by Crippen LogP contribution is 2.65. The molecule has 2 heteroatoms. The first-order valence-electron chi connectivity index (χ1n) is 18.9. The van der Waals surface area contributed by atoms with E-state index in [0.29, 0.717) is 0 Å². The van der Waals surface area contributed by atoms with Gasteiger partial charge in [-0.05, 0) is 116 Å². The van der Waals surface area contributed by atoms with Crippen LogP contribution in [-0.2, 0) is 5.41 Å². The second-order valence-electron chi connectivity index (χ2n) is 14.1. The summed E-state index contributed by atoms with van der Waals surface area (Å²) in [7, 11) is 0. The van der Waals surface area contributed by atoms with E-state index in [1.54, 1.807) is 0 Å². The van der Waals surface area contributed by atoms with Gasteiger partial charge in [0.2, 0.25) is 0 Å². The zero-order chi connectivity index (χ0) is 36.8. The Bertz CT molecular complexity index is 2740. The Morgan fingerprint density at radius 3 is 1.60 bits per heavy atom. The third-order valence-electron chi connectivity index (χ3n) is 11.2. The molecular weight excluding hydrogens is 665 g/mol. The molecule has 2 nitrogen and oxygen atoms in total. The molecule has 2 aliphatic carbocycles. The molecule has 1 spiro atoms. The van der Waals surface area contributed by atoms with E-state index >= 15 is 0 Å². The normalized spacial score (nSPS) is 14.9. The quantitative estimate of drug-likeness (QED) is 0.145. The van der Waals surface area contributed by atoms with Crippen molar-refractivity contribution < 1.29 is 0 Å². The first kappa shape index (κ1) is 32.5. The van der Waals surface area contributed by atoms with Crippen LogP contribution in [-0.4, -0.2) is 0 Å². The van der Waals surface area contributed by atoms with E-state index < -0.39 is 5.41 Å². The zero-order valence-corrected chi connectivity index (χ0v) is 30.4. The fraction of sp³-hybridized carbons (Fsp3) is 0.0189. The maximum Gasteiger partial charge on any atom is 0.0727 e. The molecule has 8 aromatic carbocycles. The summed E-state index contributed by atoms with van der Waals surface area (Å²) in [4.78, 5) is 4.75. The number of rotatable bonds is 8. The molecule has 0 saturated carbocycles. The molecule has 0 amide bonds. The van der Waals surface area contributed by atoms with Crippen molar-refractivity contribution in [2.45, 2.75) is 5.41 Å². The Labute approximate surface area is 322 Å². The third-order valence-corrected chi connectivity index (χ3v) is 11.2. The molecule has 8 aromatic rings. The molecule has 1 atom stereocenters. The number of hydrogen-bond donors (Lipinski definition) is 0. The highest BCUT2D eigenvalue weighted by atomic mass is 15.2. The van der Waals surface area contributed by atoms with Crippen molar-refractivity contribution in [3.05, 3.63) is 247 Å². The van der Waals surface area contributed by atoms with Crippen molar-refractivity contribution in [3.63, 3.8) is 0 Å². The molecule has 10 rings (SSSR count). The Balaban J connectivity index is 1.37. The standard InChI is InChI=1S/C53H38N2/c1-2-3-4-20-33-54(40-23-8-5-9-24-40)43-36-50-52(51(37-43)55(41-25-10-6-11-26-41)42-27-12-7-13-28-42)45-30-17-19-32-48(45)53(50)47-31-18-16-29-44(47)46-34-38-21-14-15-22-39(38)35-49(46)53/h2-37H,1H2/b4-3-,33-20-. The molecule has 0 fully saturated rings. The van der Waals surface area contributed by atoms with Gasteiger partial charge in [-0.25, -0.2) is 0 Å². The van der Waals surface area contributed by atoms with Gasteiger partial charge in [-0.3, -0.25) is 0 Å². The molecule has 260 valence electrons. The van der Waals surface area contributed by atoms with E-state index in [9.17, 15) is 0 Å².